The Labute approximate surface area is 592 Å². The first-order valence-electron chi connectivity index (χ1n) is 33.7. The summed E-state index contributed by atoms with van der Waals surface area (Å²) in [4.78, 5) is 32.8. The molecular formula is C92H59N7S2. The zero-order valence-corrected chi connectivity index (χ0v) is 56.1. The van der Waals surface area contributed by atoms with E-state index < -0.39 is 0 Å². The summed E-state index contributed by atoms with van der Waals surface area (Å²) in [7, 11) is 0. The van der Waals surface area contributed by atoms with Crippen LogP contribution in [0.1, 0.15) is 0 Å². The first-order valence-corrected chi connectivity index (χ1v) is 35.4. The minimum Gasteiger partial charge on any atom is -0.292 e. The van der Waals surface area contributed by atoms with E-state index in [-0.39, 0.29) is 0 Å². The van der Waals surface area contributed by atoms with Crippen LogP contribution in [0.2, 0.25) is 0 Å². The monoisotopic (exact) mass is 1330 g/mol. The predicted molar refractivity (Wildman–Crippen MR) is 422 cm³/mol. The van der Waals surface area contributed by atoms with E-state index in [4.69, 9.17) is 19.9 Å². The maximum Gasteiger partial charge on any atom is 0.145 e. The van der Waals surface area contributed by atoms with Gasteiger partial charge in [-0.15, -0.1) is 22.7 Å². The number of thiophene rings is 2. The maximum atomic E-state index is 5.48. The van der Waals surface area contributed by atoms with E-state index in [9.17, 15) is 0 Å². The molecule has 7 nitrogen and oxygen atoms in total. The van der Waals surface area contributed by atoms with Gasteiger partial charge in [-0.3, -0.25) is 14.5 Å². The van der Waals surface area contributed by atoms with Gasteiger partial charge in [-0.25, -0.2) is 19.9 Å². The van der Waals surface area contributed by atoms with Gasteiger partial charge in [0, 0.05) is 86.6 Å². The summed E-state index contributed by atoms with van der Waals surface area (Å²) in [5.74, 6) is 0.926. The molecule has 474 valence electrons. The average Bonchev–Trinajstić information content (AvgIpc) is 1.62. The van der Waals surface area contributed by atoms with Gasteiger partial charge in [0.2, 0.25) is 0 Å². The molecule has 11 aromatic carbocycles. The molecule has 0 spiro atoms. The van der Waals surface area contributed by atoms with E-state index in [2.05, 4.69) is 312 Å². The van der Waals surface area contributed by atoms with Gasteiger partial charge in [-0.05, 0) is 117 Å². The van der Waals surface area contributed by atoms with Crippen LogP contribution in [0.5, 0.6) is 0 Å². The van der Waals surface area contributed by atoms with Crippen molar-refractivity contribution in [3.63, 3.8) is 0 Å². The third-order valence-corrected chi connectivity index (χ3v) is 21.1. The Morgan fingerprint density at radius 2 is 0.634 bits per heavy atom. The van der Waals surface area contributed by atoms with Crippen molar-refractivity contribution in [3.05, 3.63) is 358 Å². The molecule has 9 heteroatoms. The fourth-order valence-electron chi connectivity index (χ4n) is 13.9. The van der Waals surface area contributed by atoms with E-state index in [1.165, 1.54) is 63.3 Å². The van der Waals surface area contributed by atoms with Crippen molar-refractivity contribution in [2.75, 3.05) is 0 Å². The van der Waals surface area contributed by atoms with E-state index >= 15 is 0 Å². The molecule has 101 heavy (non-hydrogen) atoms. The topological polar surface area (TPSA) is 82.3 Å². The third kappa shape index (κ3) is 11.5. The van der Waals surface area contributed by atoms with Gasteiger partial charge >= 0.3 is 0 Å². The Morgan fingerprint density at radius 3 is 1.09 bits per heavy atom. The van der Waals surface area contributed by atoms with Gasteiger partial charge in [0.1, 0.15) is 5.82 Å². The number of fused-ring (bicyclic) bond motifs is 7. The van der Waals surface area contributed by atoms with Gasteiger partial charge in [0.15, 0.2) is 0 Å². The summed E-state index contributed by atoms with van der Waals surface area (Å²) in [5.41, 5.74) is 25.2. The first kappa shape index (κ1) is 60.5. The minimum atomic E-state index is 0.797. The molecule has 0 aliphatic heterocycles. The lowest BCUT2D eigenvalue weighted by atomic mass is 9.94. The summed E-state index contributed by atoms with van der Waals surface area (Å²) in [6, 6.07) is 121. The Balaban J connectivity index is 0.000000145. The molecule has 0 N–H and O–H groups in total. The number of imidazole rings is 1. The summed E-state index contributed by atoms with van der Waals surface area (Å²) in [6.07, 6.45) is 3.60. The van der Waals surface area contributed by atoms with Gasteiger partial charge in [0.25, 0.3) is 0 Å². The van der Waals surface area contributed by atoms with Crippen molar-refractivity contribution in [3.8, 4) is 128 Å². The molecule has 0 bridgehead atoms. The first-order chi connectivity index (χ1) is 50.1. The van der Waals surface area contributed by atoms with Crippen LogP contribution in [0, 0.1) is 0 Å². The number of nitrogens with zero attached hydrogens (tertiary/aromatic N) is 7. The predicted octanol–water partition coefficient (Wildman–Crippen LogP) is 24.8. The molecule has 0 atom stereocenters. The molecule has 0 radical (unpaired) electrons. The van der Waals surface area contributed by atoms with Crippen LogP contribution < -0.4 is 0 Å². The van der Waals surface area contributed by atoms with Crippen LogP contribution in [0.3, 0.4) is 0 Å². The second-order valence-corrected chi connectivity index (χ2v) is 26.9. The zero-order valence-electron chi connectivity index (χ0n) is 54.5. The van der Waals surface area contributed by atoms with Crippen molar-refractivity contribution >= 4 is 75.7 Å². The highest BCUT2D eigenvalue weighted by atomic mass is 32.1. The molecule has 8 aromatic heterocycles. The van der Waals surface area contributed by atoms with Crippen LogP contribution in [0.15, 0.2) is 358 Å². The number of aromatic nitrogens is 7. The molecule has 0 unspecified atom stereocenters. The van der Waals surface area contributed by atoms with E-state index in [1.54, 1.807) is 12.4 Å². The largest absolute Gasteiger partial charge is 0.292 e. The summed E-state index contributed by atoms with van der Waals surface area (Å²) >= 11 is 3.71. The summed E-state index contributed by atoms with van der Waals surface area (Å²) < 4.78 is 4.73. The lowest BCUT2D eigenvalue weighted by Gasteiger charge is -2.12. The van der Waals surface area contributed by atoms with Gasteiger partial charge in [-0.1, -0.05) is 273 Å². The fourth-order valence-corrected chi connectivity index (χ4v) is 16.6. The smallest absolute Gasteiger partial charge is 0.145 e. The van der Waals surface area contributed by atoms with Crippen molar-refractivity contribution in [2.45, 2.75) is 0 Å². The number of rotatable bonds is 12. The van der Waals surface area contributed by atoms with Crippen molar-refractivity contribution < 1.29 is 0 Å². The third-order valence-electron chi connectivity index (χ3n) is 18.6. The van der Waals surface area contributed by atoms with Crippen molar-refractivity contribution in [1.82, 2.24) is 34.5 Å². The SMILES string of the molecule is c1ccc(-c2sc3c(c(-c4ccccc4)nc4cc(-c5cc(-c6ccccn6)nc(-c6ccccn6)c5)ccc43)c2-c2ccccc2)cc1.c1ccc(-c2sc3c(c(-c4ccccc4)nc4cc(-c5ccc(-c6nc7ccccc7n6-c6ccccc6)cc5)ccc43)c2-c2ccccc2)cc1. The van der Waals surface area contributed by atoms with E-state index in [0.29, 0.717) is 0 Å². The molecule has 0 saturated heterocycles. The van der Waals surface area contributed by atoms with Crippen molar-refractivity contribution in [2.24, 2.45) is 0 Å². The van der Waals surface area contributed by atoms with E-state index in [1.807, 2.05) is 71.2 Å². The van der Waals surface area contributed by atoms with Crippen LogP contribution in [0.25, 0.3) is 181 Å². The molecule has 0 saturated carbocycles. The highest BCUT2D eigenvalue weighted by Crippen LogP contribution is 2.52. The Bertz CT molecular complexity index is 6140. The second-order valence-electron chi connectivity index (χ2n) is 24.8. The summed E-state index contributed by atoms with van der Waals surface area (Å²) in [5, 5.41) is 4.68. The molecule has 0 fully saturated rings. The van der Waals surface area contributed by atoms with Crippen LogP contribution in [0.4, 0.5) is 0 Å². The average molecular weight is 1330 g/mol. The van der Waals surface area contributed by atoms with Gasteiger partial charge in [0.05, 0.1) is 56.2 Å². The fraction of sp³-hybridized carbons (Fsp3) is 0. The highest BCUT2D eigenvalue weighted by Gasteiger charge is 2.26. The van der Waals surface area contributed by atoms with Crippen LogP contribution in [-0.2, 0) is 0 Å². The minimum absolute atomic E-state index is 0.797. The standard InChI is InChI=1S/C48H31N3S.C44H28N4S/c1-5-15-33(16-6-1)43-44-45(34-17-7-2-8-18-34)49-41-31-37(29-30-39(41)47(44)52-46(43)35-19-9-3-10-20-35)32-25-27-36(28-26-32)48-50-40-23-13-14-24-42(40)51(48)38-21-11-4-12-22-38;1-4-14-29(15-5-1)40-41-42(30-16-6-2-7-17-30)48-37-26-32(22-23-34(37)44(41)49-43(40)31-18-8-3-9-19-31)33-27-38(35-20-10-12-24-45-35)47-39(28-33)36-21-11-13-25-46-36/h1-31H;1-28H. The molecular weight excluding hydrogens is 1270 g/mol. The van der Waals surface area contributed by atoms with Gasteiger partial charge in [-0.2, -0.15) is 0 Å². The molecule has 19 rings (SSSR count). The normalized spacial score (nSPS) is 11.4. The Morgan fingerprint density at radius 1 is 0.248 bits per heavy atom. The Kier molecular flexibility index (Phi) is 15.9. The molecule has 8 heterocycles. The van der Waals surface area contributed by atoms with E-state index in [0.717, 1.165) is 117 Å². The van der Waals surface area contributed by atoms with Crippen LogP contribution >= 0.6 is 22.7 Å². The highest BCUT2D eigenvalue weighted by molar-refractivity contribution is 7.24. The maximum absolute atomic E-state index is 5.48. The molecule has 0 aliphatic rings. The molecule has 0 amide bonds. The number of hydrogen-bond acceptors (Lipinski definition) is 8. The Hall–Kier alpha value is -12.9. The van der Waals surface area contributed by atoms with Crippen LogP contribution in [-0.4, -0.2) is 34.5 Å². The number of hydrogen-bond donors (Lipinski definition) is 0. The number of para-hydroxylation sites is 3. The second kappa shape index (κ2) is 26.5. The van der Waals surface area contributed by atoms with Crippen molar-refractivity contribution in [1.29, 1.82) is 0 Å². The number of benzene rings is 11. The summed E-state index contributed by atoms with van der Waals surface area (Å²) in [6.45, 7) is 0. The zero-order chi connectivity index (χ0) is 67.0. The quantitative estimate of drug-likeness (QED) is 0.121. The van der Waals surface area contributed by atoms with Gasteiger partial charge < -0.3 is 0 Å². The molecule has 19 aromatic rings. The lowest BCUT2D eigenvalue weighted by Crippen LogP contribution is -1.97. The number of pyridine rings is 5. The lowest BCUT2D eigenvalue weighted by molar-refractivity contribution is 1.10. The molecule has 0 aliphatic carbocycles.